The number of rotatable bonds is 2. The van der Waals surface area contributed by atoms with E-state index in [1.165, 1.54) is 6.07 Å². The smallest absolute Gasteiger partial charge is 0.342 e. The number of nitrogen functional groups attached to an aromatic ring is 1. The first kappa shape index (κ1) is 15.4. The Bertz CT molecular complexity index is 689. The molecule has 0 bridgehead atoms. The van der Waals surface area contributed by atoms with Crippen molar-refractivity contribution in [1.29, 1.82) is 0 Å². The largest absolute Gasteiger partial charge is 0.456 e. The molecule has 0 radical (unpaired) electrons. The first-order valence-electron chi connectivity index (χ1n) is 6.25. The van der Waals surface area contributed by atoms with E-state index in [9.17, 15) is 13.6 Å². The average Bonchev–Trinajstić information content (AvgIpc) is 2.72. The first-order valence-corrected chi connectivity index (χ1v) is 7.13. The Morgan fingerprint density at radius 2 is 1.90 bits per heavy atom. The van der Waals surface area contributed by atoms with Gasteiger partial charge in [-0.15, -0.1) is 11.3 Å². The van der Waals surface area contributed by atoms with E-state index in [-0.39, 0.29) is 10.6 Å². The van der Waals surface area contributed by atoms with Crippen molar-refractivity contribution in [1.82, 2.24) is 0 Å². The van der Waals surface area contributed by atoms with Crippen molar-refractivity contribution in [2.75, 3.05) is 5.73 Å². The van der Waals surface area contributed by atoms with Crippen LogP contribution < -0.4 is 5.73 Å². The topological polar surface area (TPSA) is 52.3 Å². The molecule has 0 saturated carbocycles. The summed E-state index contributed by atoms with van der Waals surface area (Å²) in [5, 5.41) is 1.91. The van der Waals surface area contributed by atoms with E-state index in [0.29, 0.717) is 11.1 Å². The summed E-state index contributed by atoms with van der Waals surface area (Å²) in [4.78, 5) is 12.2. The standard InChI is InChI=1S/C15H15F2NO2S/c1-15(2,3)20-14(19)12-9(7-21-13(12)18)8-4-5-10(16)11(17)6-8/h4-7H,18H2,1-3H3. The molecule has 0 saturated heterocycles. The van der Waals surface area contributed by atoms with E-state index in [2.05, 4.69) is 0 Å². The van der Waals surface area contributed by atoms with Crippen LogP contribution in [0.3, 0.4) is 0 Å². The number of anilines is 1. The van der Waals surface area contributed by atoms with Crippen molar-refractivity contribution in [2.45, 2.75) is 26.4 Å². The van der Waals surface area contributed by atoms with E-state index in [1.54, 1.807) is 26.2 Å². The molecular weight excluding hydrogens is 296 g/mol. The zero-order valence-electron chi connectivity index (χ0n) is 11.9. The second-order valence-corrected chi connectivity index (χ2v) is 6.43. The van der Waals surface area contributed by atoms with Crippen LogP contribution in [0.1, 0.15) is 31.1 Å². The van der Waals surface area contributed by atoms with E-state index in [0.717, 1.165) is 23.5 Å². The molecule has 1 aromatic carbocycles. The summed E-state index contributed by atoms with van der Waals surface area (Å²) in [5.74, 6) is -2.51. The van der Waals surface area contributed by atoms with Crippen molar-refractivity contribution < 1.29 is 18.3 Å². The van der Waals surface area contributed by atoms with Crippen LogP contribution in [0.25, 0.3) is 11.1 Å². The van der Waals surface area contributed by atoms with Crippen molar-refractivity contribution in [3.8, 4) is 11.1 Å². The molecule has 112 valence electrons. The van der Waals surface area contributed by atoms with Crippen LogP contribution in [0.15, 0.2) is 23.6 Å². The molecule has 1 aromatic heterocycles. The summed E-state index contributed by atoms with van der Waals surface area (Å²) in [5.41, 5.74) is 6.14. The summed E-state index contributed by atoms with van der Waals surface area (Å²) in [6, 6.07) is 3.44. The second-order valence-electron chi connectivity index (χ2n) is 5.52. The van der Waals surface area contributed by atoms with Crippen LogP contribution >= 0.6 is 11.3 Å². The van der Waals surface area contributed by atoms with E-state index < -0.39 is 23.2 Å². The Hall–Kier alpha value is -1.95. The normalized spacial score (nSPS) is 11.5. The molecule has 2 rings (SSSR count). The number of benzene rings is 1. The summed E-state index contributed by atoms with van der Waals surface area (Å²) in [7, 11) is 0. The highest BCUT2D eigenvalue weighted by molar-refractivity contribution is 7.14. The Balaban J connectivity index is 2.47. The molecule has 3 nitrogen and oxygen atoms in total. The number of carbonyl (C=O) groups excluding carboxylic acids is 1. The second kappa shape index (κ2) is 5.44. The number of hydrogen-bond acceptors (Lipinski definition) is 4. The van der Waals surface area contributed by atoms with Gasteiger partial charge in [-0.1, -0.05) is 6.07 Å². The summed E-state index contributed by atoms with van der Waals surface area (Å²) >= 11 is 1.15. The average molecular weight is 311 g/mol. The molecule has 0 spiro atoms. The predicted octanol–water partition coefficient (Wildman–Crippen LogP) is 4.23. The minimum atomic E-state index is -0.979. The maximum atomic E-state index is 13.4. The number of ether oxygens (including phenoxy) is 1. The third-order valence-corrected chi connectivity index (χ3v) is 3.46. The van der Waals surface area contributed by atoms with Crippen molar-refractivity contribution >= 4 is 22.3 Å². The van der Waals surface area contributed by atoms with Gasteiger partial charge in [0, 0.05) is 10.9 Å². The summed E-state index contributed by atoms with van der Waals surface area (Å²) in [6.07, 6.45) is 0. The molecule has 1 heterocycles. The zero-order chi connectivity index (χ0) is 15.8. The van der Waals surface area contributed by atoms with Gasteiger partial charge in [0.05, 0.1) is 0 Å². The van der Waals surface area contributed by atoms with E-state index in [4.69, 9.17) is 10.5 Å². The SMILES string of the molecule is CC(C)(C)OC(=O)c1c(-c2ccc(F)c(F)c2)csc1N. The lowest BCUT2D eigenvalue weighted by molar-refractivity contribution is 0.00722. The lowest BCUT2D eigenvalue weighted by atomic mass is 10.0. The minimum Gasteiger partial charge on any atom is -0.456 e. The maximum absolute atomic E-state index is 13.4. The Kier molecular flexibility index (Phi) is 4.00. The number of esters is 1. The molecule has 0 amide bonds. The van der Waals surface area contributed by atoms with Crippen molar-refractivity contribution in [2.24, 2.45) is 0 Å². The van der Waals surface area contributed by atoms with Crippen LogP contribution in [0, 0.1) is 11.6 Å². The molecular formula is C15H15F2NO2S. The fourth-order valence-corrected chi connectivity index (χ4v) is 2.60. The summed E-state index contributed by atoms with van der Waals surface area (Å²) < 4.78 is 31.7. The van der Waals surface area contributed by atoms with Gasteiger partial charge < -0.3 is 10.5 Å². The molecule has 0 aliphatic heterocycles. The van der Waals surface area contributed by atoms with Crippen LogP contribution in [-0.4, -0.2) is 11.6 Å². The third-order valence-electron chi connectivity index (χ3n) is 2.65. The van der Waals surface area contributed by atoms with E-state index >= 15 is 0 Å². The monoisotopic (exact) mass is 311 g/mol. The molecule has 0 aliphatic rings. The molecule has 0 aliphatic carbocycles. The molecule has 2 aromatic rings. The maximum Gasteiger partial charge on any atom is 0.342 e. The number of nitrogens with two attached hydrogens (primary N) is 1. The quantitative estimate of drug-likeness (QED) is 0.844. The summed E-state index contributed by atoms with van der Waals surface area (Å²) in [6.45, 7) is 5.22. The van der Waals surface area contributed by atoms with Crippen molar-refractivity contribution in [3.63, 3.8) is 0 Å². The molecule has 21 heavy (non-hydrogen) atoms. The molecule has 2 N–H and O–H groups in total. The minimum absolute atomic E-state index is 0.181. The van der Waals surface area contributed by atoms with Gasteiger partial charge >= 0.3 is 5.97 Å². The third kappa shape index (κ3) is 3.39. The van der Waals surface area contributed by atoms with Gasteiger partial charge in [-0.3, -0.25) is 0 Å². The van der Waals surface area contributed by atoms with Gasteiger partial charge in [-0.25, -0.2) is 13.6 Å². The fraction of sp³-hybridized carbons (Fsp3) is 0.267. The van der Waals surface area contributed by atoms with Gasteiger partial charge in [0.25, 0.3) is 0 Å². The van der Waals surface area contributed by atoms with Gasteiger partial charge in [0.2, 0.25) is 0 Å². The lowest BCUT2D eigenvalue weighted by Gasteiger charge is -2.20. The zero-order valence-corrected chi connectivity index (χ0v) is 12.7. The first-order chi connectivity index (χ1) is 9.69. The van der Waals surface area contributed by atoms with Gasteiger partial charge in [-0.05, 0) is 38.5 Å². The van der Waals surface area contributed by atoms with Gasteiger partial charge in [-0.2, -0.15) is 0 Å². The fourth-order valence-electron chi connectivity index (χ4n) is 1.79. The molecule has 0 unspecified atom stereocenters. The van der Waals surface area contributed by atoms with Gasteiger partial charge in [0.1, 0.15) is 16.2 Å². The Labute approximate surface area is 125 Å². The Morgan fingerprint density at radius 3 is 2.48 bits per heavy atom. The number of hydrogen-bond donors (Lipinski definition) is 1. The highest BCUT2D eigenvalue weighted by atomic mass is 32.1. The number of carbonyl (C=O) groups is 1. The molecule has 0 atom stereocenters. The van der Waals surface area contributed by atoms with Crippen LogP contribution in [0.5, 0.6) is 0 Å². The van der Waals surface area contributed by atoms with Crippen LogP contribution in [0.2, 0.25) is 0 Å². The number of halogens is 2. The van der Waals surface area contributed by atoms with Crippen molar-refractivity contribution in [3.05, 3.63) is 40.8 Å². The molecule has 6 heteroatoms. The van der Waals surface area contributed by atoms with Gasteiger partial charge in [0.15, 0.2) is 11.6 Å². The molecule has 0 fully saturated rings. The number of thiophene rings is 1. The highest BCUT2D eigenvalue weighted by Crippen LogP contribution is 2.35. The van der Waals surface area contributed by atoms with Crippen LogP contribution in [0.4, 0.5) is 13.8 Å². The lowest BCUT2D eigenvalue weighted by Crippen LogP contribution is -2.24. The predicted molar refractivity (Wildman–Crippen MR) is 79.3 cm³/mol. The Morgan fingerprint density at radius 1 is 1.24 bits per heavy atom. The highest BCUT2D eigenvalue weighted by Gasteiger charge is 2.25. The van der Waals surface area contributed by atoms with E-state index in [1.807, 2.05) is 0 Å². The van der Waals surface area contributed by atoms with Crippen LogP contribution in [-0.2, 0) is 4.74 Å².